The van der Waals surface area contributed by atoms with Crippen molar-refractivity contribution in [1.29, 1.82) is 0 Å². The van der Waals surface area contributed by atoms with Crippen LogP contribution in [-0.2, 0) is 9.16 Å². The number of primary amides is 1. The van der Waals surface area contributed by atoms with Gasteiger partial charge >= 0.3 is 6.09 Å². The van der Waals surface area contributed by atoms with Gasteiger partial charge in [0.2, 0.25) is 0 Å². The van der Waals surface area contributed by atoms with Gasteiger partial charge in [-0.3, -0.25) is 0 Å². The highest BCUT2D eigenvalue weighted by atomic mass is 79.9. The summed E-state index contributed by atoms with van der Waals surface area (Å²) in [4.78, 5) is 20.8. The predicted octanol–water partition coefficient (Wildman–Crippen LogP) is 6.58. The molecular formula is C25H32BrFN4O3Si. The molecule has 1 amide bonds. The van der Waals surface area contributed by atoms with E-state index in [-0.39, 0.29) is 23.0 Å². The zero-order valence-electron chi connectivity index (χ0n) is 20.7. The lowest BCUT2D eigenvalue weighted by Crippen LogP contribution is -2.47. The summed E-state index contributed by atoms with van der Waals surface area (Å²) in [5.41, 5.74) is 7.29. The minimum Gasteiger partial charge on any atom is -0.446 e. The molecule has 7 nitrogen and oxygen atoms in total. The fraction of sp³-hybridized carbons (Fsp3) is 0.480. The topological polar surface area (TPSA) is 92.3 Å². The largest absolute Gasteiger partial charge is 0.446 e. The number of pyridine rings is 1. The monoisotopic (exact) mass is 562 g/mol. The Kier molecular flexibility index (Phi) is 7.09. The summed E-state index contributed by atoms with van der Waals surface area (Å²) in [5, 5.41) is 0.0244. The Morgan fingerprint density at radius 3 is 2.54 bits per heavy atom. The molecule has 0 spiro atoms. The average Bonchev–Trinajstić information content (AvgIpc) is 3.10. The molecule has 10 heteroatoms. The van der Waals surface area contributed by atoms with Crippen LogP contribution in [-0.4, -0.2) is 41.2 Å². The van der Waals surface area contributed by atoms with E-state index in [4.69, 9.17) is 19.9 Å². The van der Waals surface area contributed by atoms with E-state index >= 15 is 0 Å². The number of amides is 1. The predicted molar refractivity (Wildman–Crippen MR) is 140 cm³/mol. The smallest absolute Gasteiger partial charge is 0.404 e. The normalized spacial score (nSPS) is 21.3. The van der Waals surface area contributed by atoms with Gasteiger partial charge in [0.25, 0.3) is 0 Å². The van der Waals surface area contributed by atoms with Crippen LogP contribution >= 0.6 is 15.9 Å². The van der Waals surface area contributed by atoms with E-state index in [1.807, 2.05) is 10.6 Å². The van der Waals surface area contributed by atoms with Gasteiger partial charge in [0, 0.05) is 18.9 Å². The number of imidazole rings is 1. The maximum Gasteiger partial charge on any atom is 0.404 e. The van der Waals surface area contributed by atoms with Gasteiger partial charge in [0.15, 0.2) is 8.32 Å². The minimum absolute atomic E-state index is 0.0244. The van der Waals surface area contributed by atoms with E-state index in [0.29, 0.717) is 40.8 Å². The molecule has 1 fully saturated rings. The number of fused-ring (bicyclic) bond motifs is 1. The number of carbonyl (C=O) groups excluding carboxylic acids is 1. The second kappa shape index (κ2) is 9.63. The number of hydrogen-bond donors (Lipinski definition) is 1. The van der Waals surface area contributed by atoms with Crippen LogP contribution in [0.25, 0.3) is 22.4 Å². The Bertz CT molecular complexity index is 1240. The number of benzene rings is 1. The number of nitrogens with zero attached hydrogens (tertiary/aromatic N) is 3. The third-order valence-corrected chi connectivity index (χ3v) is 12.1. The zero-order valence-corrected chi connectivity index (χ0v) is 23.3. The van der Waals surface area contributed by atoms with Crippen molar-refractivity contribution in [2.45, 2.75) is 76.4 Å². The van der Waals surface area contributed by atoms with Crippen LogP contribution in [0.4, 0.5) is 9.18 Å². The van der Waals surface area contributed by atoms with Crippen molar-refractivity contribution < 1.29 is 18.3 Å². The number of aromatic nitrogens is 3. The number of nitrogens with two attached hydrogens (primary N) is 1. The molecule has 1 aromatic carbocycles. The fourth-order valence-electron chi connectivity index (χ4n) is 4.53. The molecule has 1 saturated carbocycles. The van der Waals surface area contributed by atoms with Gasteiger partial charge in [-0.2, -0.15) is 0 Å². The molecule has 0 bridgehead atoms. The molecule has 4 rings (SSSR count). The highest BCUT2D eigenvalue weighted by molar-refractivity contribution is 9.10. The molecule has 188 valence electrons. The third kappa shape index (κ3) is 5.44. The van der Waals surface area contributed by atoms with Crippen molar-refractivity contribution in [3.05, 3.63) is 46.9 Å². The van der Waals surface area contributed by atoms with Crippen LogP contribution in [0, 0.1) is 5.82 Å². The van der Waals surface area contributed by atoms with Crippen molar-refractivity contribution in [3.8, 4) is 11.4 Å². The van der Waals surface area contributed by atoms with Gasteiger partial charge in [0.05, 0.1) is 23.4 Å². The summed E-state index contributed by atoms with van der Waals surface area (Å²) < 4.78 is 29.9. The van der Waals surface area contributed by atoms with Gasteiger partial charge in [-0.05, 0) is 58.7 Å². The van der Waals surface area contributed by atoms with Crippen molar-refractivity contribution in [2.75, 3.05) is 0 Å². The van der Waals surface area contributed by atoms with E-state index in [0.717, 1.165) is 5.52 Å². The van der Waals surface area contributed by atoms with Gasteiger partial charge in [-0.25, -0.2) is 19.2 Å². The van der Waals surface area contributed by atoms with Gasteiger partial charge < -0.3 is 19.5 Å². The quantitative estimate of drug-likeness (QED) is 0.280. The summed E-state index contributed by atoms with van der Waals surface area (Å²) in [5.74, 6) is 0.153. The summed E-state index contributed by atoms with van der Waals surface area (Å²) in [6, 6.07) is 8.33. The molecule has 2 aromatic heterocycles. The Hall–Kier alpha value is -2.30. The van der Waals surface area contributed by atoms with Crippen LogP contribution in [0.15, 0.2) is 41.1 Å². The molecule has 1 aliphatic rings. The fourth-order valence-corrected chi connectivity index (χ4v) is 6.22. The van der Waals surface area contributed by atoms with Crippen molar-refractivity contribution in [3.63, 3.8) is 0 Å². The van der Waals surface area contributed by atoms with Crippen LogP contribution < -0.4 is 5.73 Å². The van der Waals surface area contributed by atoms with Crippen LogP contribution in [0.5, 0.6) is 0 Å². The molecule has 1 aliphatic carbocycles. The Balaban J connectivity index is 1.82. The number of hydrogen-bond acceptors (Lipinski definition) is 5. The average molecular weight is 564 g/mol. The lowest BCUT2D eigenvalue weighted by molar-refractivity contribution is 0.0131. The van der Waals surface area contributed by atoms with Crippen molar-refractivity contribution in [2.24, 2.45) is 5.73 Å². The maximum absolute atomic E-state index is 14.9. The van der Waals surface area contributed by atoms with Gasteiger partial charge in [-0.1, -0.05) is 32.9 Å². The molecule has 0 radical (unpaired) electrons. The van der Waals surface area contributed by atoms with E-state index < -0.39 is 20.5 Å². The summed E-state index contributed by atoms with van der Waals surface area (Å²) in [6.07, 6.45) is 2.07. The van der Waals surface area contributed by atoms with E-state index in [1.54, 1.807) is 24.4 Å². The molecule has 3 aromatic rings. The second-order valence-corrected chi connectivity index (χ2v) is 16.3. The highest BCUT2D eigenvalue weighted by Gasteiger charge is 2.42. The molecule has 2 heterocycles. The number of carbonyl (C=O) groups is 1. The first kappa shape index (κ1) is 25.8. The van der Waals surface area contributed by atoms with Gasteiger partial charge in [0.1, 0.15) is 27.9 Å². The standard InChI is InChI=1S/C25H32BrFN4O3Si/c1-25(2,3)35(4,5)34-17-11-15(10-16(12-17)33-24(28)32)31-21-13-22(26)29-14-20(21)30-23(31)18-8-6-7-9-19(18)27/h6-9,13-17H,10-12H2,1-5H3,(H2,28,32). The van der Waals surface area contributed by atoms with Gasteiger partial charge in [-0.15, -0.1) is 0 Å². The number of rotatable bonds is 5. The van der Waals surface area contributed by atoms with Crippen molar-refractivity contribution >= 4 is 41.4 Å². The molecule has 35 heavy (non-hydrogen) atoms. The summed E-state index contributed by atoms with van der Waals surface area (Å²) in [6.45, 7) is 11.0. The number of ether oxygens (including phenoxy) is 1. The lowest BCUT2D eigenvalue weighted by Gasteiger charge is -2.43. The third-order valence-electron chi connectivity index (χ3n) is 7.17. The summed E-state index contributed by atoms with van der Waals surface area (Å²) in [7, 11) is -2.10. The SMILES string of the molecule is CC(C)(C)[Si](C)(C)OC1CC(OC(N)=O)CC(n2c(-c3ccccc3F)nc3cnc(Br)cc32)C1. The molecule has 0 aliphatic heterocycles. The first-order chi connectivity index (χ1) is 16.4. The Morgan fingerprint density at radius 1 is 1.20 bits per heavy atom. The summed E-state index contributed by atoms with van der Waals surface area (Å²) >= 11 is 3.46. The van der Waals surface area contributed by atoms with E-state index in [9.17, 15) is 9.18 Å². The first-order valence-electron chi connectivity index (χ1n) is 11.8. The van der Waals surface area contributed by atoms with E-state index in [2.05, 4.69) is 54.8 Å². The molecular weight excluding hydrogens is 531 g/mol. The molecule has 2 N–H and O–H groups in total. The van der Waals surface area contributed by atoms with Crippen molar-refractivity contribution in [1.82, 2.24) is 14.5 Å². The number of halogens is 2. The molecule has 3 unspecified atom stereocenters. The van der Waals surface area contributed by atoms with Crippen LogP contribution in [0.2, 0.25) is 18.1 Å². The molecule has 0 saturated heterocycles. The second-order valence-electron chi connectivity index (χ2n) is 10.7. The van der Waals surface area contributed by atoms with Crippen LogP contribution in [0.1, 0.15) is 46.1 Å². The highest BCUT2D eigenvalue weighted by Crippen LogP contribution is 2.43. The lowest BCUT2D eigenvalue weighted by atomic mass is 9.90. The maximum atomic E-state index is 14.9. The first-order valence-corrected chi connectivity index (χ1v) is 15.5. The van der Waals surface area contributed by atoms with E-state index in [1.165, 1.54) is 6.07 Å². The zero-order chi connectivity index (χ0) is 25.5. The Labute approximate surface area is 214 Å². The van der Waals surface area contributed by atoms with Crippen LogP contribution in [0.3, 0.4) is 0 Å². The Morgan fingerprint density at radius 2 is 1.89 bits per heavy atom. The molecule has 3 atom stereocenters. The minimum atomic E-state index is -2.10.